The minimum Gasteiger partial charge on any atom is -0.304 e. The molecule has 4 aromatic heterocycles. The Balaban J connectivity index is 1.55. The van der Waals surface area contributed by atoms with E-state index in [0.29, 0.717) is 28.0 Å². The highest BCUT2D eigenvalue weighted by Gasteiger charge is 2.20. The molecule has 1 amide bonds. The molecule has 8 heteroatoms. The van der Waals surface area contributed by atoms with E-state index < -0.39 is 0 Å². The Kier molecular flexibility index (Phi) is 4.53. The van der Waals surface area contributed by atoms with Gasteiger partial charge in [-0.3, -0.25) is 9.20 Å². The van der Waals surface area contributed by atoms with Gasteiger partial charge in [0.2, 0.25) is 0 Å². The summed E-state index contributed by atoms with van der Waals surface area (Å²) in [6.07, 6.45) is 5.19. The number of aryl methyl sites for hydroxylation is 1. The zero-order valence-corrected chi connectivity index (χ0v) is 16.8. The van der Waals surface area contributed by atoms with E-state index in [9.17, 15) is 4.79 Å². The van der Waals surface area contributed by atoms with E-state index in [4.69, 9.17) is 4.98 Å². The molecule has 146 valence electrons. The molecule has 1 N–H and O–H groups in total. The Morgan fingerprint density at radius 1 is 1.00 bits per heavy atom. The average molecular weight is 412 g/mol. The van der Waals surface area contributed by atoms with Crippen LogP contribution in [0.3, 0.4) is 0 Å². The van der Waals surface area contributed by atoms with Gasteiger partial charge in [0.1, 0.15) is 22.9 Å². The number of hydrogen-bond acceptors (Lipinski definition) is 6. The Bertz CT molecular complexity index is 1340. The molecule has 0 radical (unpaired) electrons. The first-order valence-corrected chi connectivity index (χ1v) is 10.2. The Morgan fingerprint density at radius 3 is 2.60 bits per heavy atom. The summed E-state index contributed by atoms with van der Waals surface area (Å²) in [6.45, 7) is 2.00. The molecule has 0 unspecified atom stereocenters. The van der Waals surface area contributed by atoms with Crippen molar-refractivity contribution in [2.24, 2.45) is 0 Å². The maximum Gasteiger partial charge on any atom is 0.276 e. The van der Waals surface area contributed by atoms with Crippen LogP contribution in [0.4, 0.5) is 5.82 Å². The third-order valence-electron chi connectivity index (χ3n) is 4.62. The summed E-state index contributed by atoms with van der Waals surface area (Å²) < 4.78 is 1.89. The minimum absolute atomic E-state index is 0.309. The molecule has 30 heavy (non-hydrogen) atoms. The number of aromatic nitrogens is 5. The van der Waals surface area contributed by atoms with Crippen LogP contribution in [0.5, 0.6) is 0 Å². The van der Waals surface area contributed by atoms with Crippen LogP contribution in [0, 0.1) is 6.92 Å². The van der Waals surface area contributed by atoms with E-state index in [0.717, 1.165) is 16.8 Å². The van der Waals surface area contributed by atoms with Gasteiger partial charge in [-0.2, -0.15) is 0 Å². The maximum absolute atomic E-state index is 13.0. The van der Waals surface area contributed by atoms with Crippen molar-refractivity contribution in [1.29, 1.82) is 0 Å². The number of nitrogens with zero attached hydrogens (tertiary/aromatic N) is 5. The van der Waals surface area contributed by atoms with E-state index in [-0.39, 0.29) is 5.91 Å². The first-order valence-electron chi connectivity index (χ1n) is 9.28. The van der Waals surface area contributed by atoms with Gasteiger partial charge in [0.05, 0.1) is 0 Å². The van der Waals surface area contributed by atoms with Crippen LogP contribution in [0.1, 0.15) is 16.1 Å². The zero-order chi connectivity index (χ0) is 20.5. The number of pyridine rings is 1. The van der Waals surface area contributed by atoms with Crippen LogP contribution >= 0.6 is 11.3 Å². The fraction of sp³-hybridized carbons (Fsp3) is 0.0455. The van der Waals surface area contributed by atoms with E-state index >= 15 is 0 Å². The predicted molar refractivity (Wildman–Crippen MR) is 116 cm³/mol. The number of benzene rings is 1. The van der Waals surface area contributed by atoms with Crippen LogP contribution in [0.25, 0.3) is 27.7 Å². The molecule has 0 atom stereocenters. The number of carbonyl (C=O) groups excluding carboxylic acids is 1. The maximum atomic E-state index is 13.0. The van der Waals surface area contributed by atoms with Gasteiger partial charge in [-0.25, -0.2) is 19.9 Å². The molecule has 7 nitrogen and oxygen atoms in total. The second-order valence-corrected chi connectivity index (χ2v) is 7.48. The van der Waals surface area contributed by atoms with Gasteiger partial charge in [0, 0.05) is 29.5 Å². The second-order valence-electron chi connectivity index (χ2n) is 6.62. The van der Waals surface area contributed by atoms with Crippen molar-refractivity contribution >= 4 is 28.7 Å². The minimum atomic E-state index is -0.311. The summed E-state index contributed by atoms with van der Waals surface area (Å²) in [5.74, 6) is 0.793. The van der Waals surface area contributed by atoms with Crippen LogP contribution in [0.2, 0.25) is 0 Å². The molecule has 0 aliphatic carbocycles. The first-order chi connectivity index (χ1) is 14.7. The highest BCUT2D eigenvalue weighted by atomic mass is 32.1. The molecular formula is C22H16N6OS. The molecule has 0 fully saturated rings. The van der Waals surface area contributed by atoms with Gasteiger partial charge in [-0.05, 0) is 24.6 Å². The van der Waals surface area contributed by atoms with Crippen molar-refractivity contribution < 1.29 is 4.79 Å². The SMILES string of the molecule is Cc1cccn2c(NC(=O)c3csc(-c4ncccn4)n3)c(-c3ccccc3)nc12. The Labute approximate surface area is 176 Å². The first kappa shape index (κ1) is 18.1. The number of nitrogens with one attached hydrogen (secondary N) is 1. The summed E-state index contributed by atoms with van der Waals surface area (Å²) in [4.78, 5) is 30.6. The predicted octanol–water partition coefficient (Wildman–Crippen LogP) is 4.48. The van der Waals surface area contributed by atoms with Crippen LogP contribution in [-0.4, -0.2) is 30.2 Å². The van der Waals surface area contributed by atoms with Crippen molar-refractivity contribution in [3.63, 3.8) is 0 Å². The standard InChI is InChI=1S/C22H16N6OS/c1-14-7-5-12-28-19(14)26-17(15-8-3-2-4-9-15)20(28)27-21(29)16-13-30-22(25-16)18-23-10-6-11-24-18/h2-13H,1H3,(H,27,29). The number of hydrogen-bond donors (Lipinski definition) is 1. The molecule has 0 aliphatic heterocycles. The topological polar surface area (TPSA) is 85.1 Å². The van der Waals surface area contributed by atoms with Gasteiger partial charge < -0.3 is 5.32 Å². The fourth-order valence-corrected chi connectivity index (χ4v) is 3.93. The monoisotopic (exact) mass is 412 g/mol. The van der Waals surface area contributed by atoms with Gasteiger partial charge in [-0.1, -0.05) is 36.4 Å². The van der Waals surface area contributed by atoms with Crippen molar-refractivity contribution in [2.75, 3.05) is 5.32 Å². The number of amides is 1. The number of fused-ring (bicyclic) bond motifs is 1. The molecular weight excluding hydrogens is 396 g/mol. The number of rotatable bonds is 4. The fourth-order valence-electron chi connectivity index (χ4n) is 3.18. The van der Waals surface area contributed by atoms with Gasteiger partial charge >= 0.3 is 0 Å². The summed E-state index contributed by atoms with van der Waals surface area (Å²) >= 11 is 1.33. The lowest BCUT2D eigenvalue weighted by Crippen LogP contribution is -2.14. The Morgan fingerprint density at radius 2 is 1.80 bits per heavy atom. The van der Waals surface area contributed by atoms with Gasteiger partial charge in [-0.15, -0.1) is 11.3 Å². The quantitative estimate of drug-likeness (QED) is 0.471. The van der Waals surface area contributed by atoms with Crippen LogP contribution in [-0.2, 0) is 0 Å². The summed E-state index contributed by atoms with van der Waals surface area (Å²) in [7, 11) is 0. The van der Waals surface area contributed by atoms with Crippen molar-refractivity contribution in [2.45, 2.75) is 6.92 Å². The largest absolute Gasteiger partial charge is 0.304 e. The molecule has 1 aromatic carbocycles. The molecule has 0 saturated carbocycles. The third kappa shape index (κ3) is 3.23. The molecule has 4 heterocycles. The average Bonchev–Trinajstić information content (AvgIpc) is 3.42. The molecule has 0 saturated heterocycles. The smallest absolute Gasteiger partial charge is 0.276 e. The van der Waals surface area contributed by atoms with Gasteiger partial charge in [0.15, 0.2) is 10.8 Å². The number of imidazole rings is 1. The van der Waals surface area contributed by atoms with E-state index in [2.05, 4.69) is 20.3 Å². The van der Waals surface area contributed by atoms with Crippen molar-refractivity contribution in [3.8, 4) is 22.1 Å². The van der Waals surface area contributed by atoms with Crippen LogP contribution < -0.4 is 5.32 Å². The third-order valence-corrected chi connectivity index (χ3v) is 5.46. The zero-order valence-electron chi connectivity index (χ0n) is 16.0. The van der Waals surface area contributed by atoms with E-state index in [1.54, 1.807) is 23.8 Å². The number of anilines is 1. The summed E-state index contributed by atoms with van der Waals surface area (Å²) in [5, 5.41) is 5.31. The van der Waals surface area contributed by atoms with Crippen molar-refractivity contribution in [3.05, 3.63) is 83.8 Å². The molecule has 0 bridgehead atoms. The highest BCUT2D eigenvalue weighted by molar-refractivity contribution is 7.13. The number of carbonyl (C=O) groups is 1. The highest BCUT2D eigenvalue weighted by Crippen LogP contribution is 2.30. The lowest BCUT2D eigenvalue weighted by Gasteiger charge is -2.07. The van der Waals surface area contributed by atoms with E-state index in [1.165, 1.54) is 11.3 Å². The number of thiazole rings is 1. The molecule has 5 rings (SSSR count). The lowest BCUT2D eigenvalue weighted by molar-refractivity contribution is 0.102. The Hall–Kier alpha value is -3.91. The van der Waals surface area contributed by atoms with E-state index in [1.807, 2.05) is 60.0 Å². The van der Waals surface area contributed by atoms with Gasteiger partial charge in [0.25, 0.3) is 5.91 Å². The lowest BCUT2D eigenvalue weighted by atomic mass is 10.1. The van der Waals surface area contributed by atoms with Crippen LogP contribution in [0.15, 0.2) is 72.5 Å². The molecule has 0 spiro atoms. The molecule has 5 aromatic rings. The molecule has 0 aliphatic rings. The second kappa shape index (κ2) is 7.49. The summed E-state index contributed by atoms with van der Waals surface area (Å²) in [6, 6.07) is 15.5. The van der Waals surface area contributed by atoms with Crippen molar-refractivity contribution in [1.82, 2.24) is 24.3 Å². The summed E-state index contributed by atoms with van der Waals surface area (Å²) in [5.41, 5.74) is 3.76. The normalized spacial score (nSPS) is 11.0.